The highest BCUT2D eigenvalue weighted by atomic mass is 16.4. The van der Waals surface area contributed by atoms with E-state index in [1.807, 2.05) is 6.07 Å². The Labute approximate surface area is 194 Å². The smallest absolute Gasteiger partial charge is 0.306 e. The number of piperidine rings is 1. The Kier molecular flexibility index (Phi) is 6.40. The molecule has 2 heterocycles. The number of unbranched alkanes of at least 4 members (excludes halogenated alkanes) is 1. The molecule has 0 atom stereocenters. The van der Waals surface area contributed by atoms with E-state index in [9.17, 15) is 9.90 Å². The normalized spacial score (nSPS) is 15.4. The molecule has 5 nitrogen and oxygen atoms in total. The van der Waals surface area contributed by atoms with Crippen LogP contribution in [0.15, 0.2) is 65.1 Å². The molecule has 4 aromatic rings. The monoisotopic (exact) mass is 442 g/mol. The molecule has 0 radical (unpaired) electrons. The van der Waals surface area contributed by atoms with E-state index in [1.165, 1.54) is 21.9 Å². The Hall–Kier alpha value is -3.18. The van der Waals surface area contributed by atoms with Gasteiger partial charge in [-0.05, 0) is 79.2 Å². The highest BCUT2D eigenvalue weighted by Crippen LogP contribution is 2.23. The zero-order valence-electron chi connectivity index (χ0n) is 18.9. The summed E-state index contributed by atoms with van der Waals surface area (Å²) in [5.41, 5.74) is 4.33. The Morgan fingerprint density at radius 2 is 1.70 bits per heavy atom. The molecule has 5 heteroatoms. The highest BCUT2D eigenvalue weighted by Gasteiger charge is 2.24. The Morgan fingerprint density at radius 1 is 0.939 bits per heavy atom. The van der Waals surface area contributed by atoms with Crippen molar-refractivity contribution < 1.29 is 14.3 Å². The van der Waals surface area contributed by atoms with Crippen molar-refractivity contribution in [3.8, 4) is 0 Å². The SMILES string of the molecule is O=C(O)C1CCN(Cc2ccc3oc(CCCCc4ccc5ccccc5c4)nc3c2)CC1. The molecule has 1 aliphatic heterocycles. The van der Waals surface area contributed by atoms with Crippen molar-refractivity contribution in [3.05, 3.63) is 77.7 Å². The van der Waals surface area contributed by atoms with Gasteiger partial charge in [0.2, 0.25) is 0 Å². The van der Waals surface area contributed by atoms with Gasteiger partial charge in [-0.15, -0.1) is 0 Å². The maximum atomic E-state index is 11.1. The topological polar surface area (TPSA) is 66.6 Å². The fourth-order valence-corrected chi connectivity index (χ4v) is 4.82. The number of fused-ring (bicyclic) bond motifs is 2. The number of aryl methyl sites for hydroxylation is 2. The van der Waals surface area contributed by atoms with Crippen LogP contribution >= 0.6 is 0 Å². The van der Waals surface area contributed by atoms with Crippen molar-refractivity contribution in [3.63, 3.8) is 0 Å². The molecule has 1 aliphatic rings. The fraction of sp³-hybridized carbons (Fsp3) is 0.357. The van der Waals surface area contributed by atoms with E-state index < -0.39 is 5.97 Å². The van der Waals surface area contributed by atoms with Crippen LogP contribution in [0.25, 0.3) is 21.9 Å². The summed E-state index contributed by atoms with van der Waals surface area (Å²) in [7, 11) is 0. The van der Waals surface area contributed by atoms with E-state index >= 15 is 0 Å². The number of hydrogen-bond acceptors (Lipinski definition) is 4. The lowest BCUT2D eigenvalue weighted by molar-refractivity contribution is -0.143. The van der Waals surface area contributed by atoms with Gasteiger partial charge in [-0.3, -0.25) is 9.69 Å². The lowest BCUT2D eigenvalue weighted by Crippen LogP contribution is -2.35. The second-order valence-corrected chi connectivity index (χ2v) is 9.19. The summed E-state index contributed by atoms with van der Waals surface area (Å²) in [5.74, 6) is -0.0468. The molecule has 1 fully saturated rings. The molecule has 1 saturated heterocycles. The molecule has 0 saturated carbocycles. The number of benzene rings is 3. The van der Waals surface area contributed by atoms with Crippen LogP contribution in [0.4, 0.5) is 0 Å². The van der Waals surface area contributed by atoms with Crippen LogP contribution in [0.2, 0.25) is 0 Å². The minimum atomic E-state index is -0.663. The predicted octanol–water partition coefficient (Wildman–Crippen LogP) is 5.84. The van der Waals surface area contributed by atoms with Gasteiger partial charge in [-0.25, -0.2) is 4.98 Å². The van der Waals surface area contributed by atoms with E-state index in [2.05, 4.69) is 59.5 Å². The number of carbonyl (C=O) groups is 1. The Bertz CT molecular complexity index is 1250. The summed E-state index contributed by atoms with van der Waals surface area (Å²) in [6.07, 6.45) is 5.52. The predicted molar refractivity (Wildman–Crippen MR) is 130 cm³/mol. The van der Waals surface area contributed by atoms with Crippen molar-refractivity contribution in [2.75, 3.05) is 13.1 Å². The fourth-order valence-electron chi connectivity index (χ4n) is 4.82. The van der Waals surface area contributed by atoms with Crippen molar-refractivity contribution in [2.45, 2.75) is 45.1 Å². The van der Waals surface area contributed by atoms with E-state index in [4.69, 9.17) is 9.40 Å². The Morgan fingerprint density at radius 3 is 2.52 bits per heavy atom. The molecular formula is C28H30N2O3. The first kappa shape index (κ1) is 21.7. The number of carboxylic acid groups (broad SMARTS) is 1. The van der Waals surface area contributed by atoms with Crippen molar-refractivity contribution in [2.24, 2.45) is 5.92 Å². The zero-order chi connectivity index (χ0) is 22.6. The second kappa shape index (κ2) is 9.75. The van der Waals surface area contributed by atoms with Gasteiger partial charge in [0.25, 0.3) is 0 Å². The van der Waals surface area contributed by atoms with Crippen molar-refractivity contribution in [1.29, 1.82) is 0 Å². The summed E-state index contributed by atoms with van der Waals surface area (Å²) < 4.78 is 5.97. The van der Waals surface area contributed by atoms with Crippen LogP contribution < -0.4 is 0 Å². The number of carboxylic acids is 1. The number of likely N-dealkylation sites (tertiary alicyclic amines) is 1. The third kappa shape index (κ3) is 5.25. The first-order valence-electron chi connectivity index (χ1n) is 12.0. The van der Waals surface area contributed by atoms with Crippen LogP contribution in [0.5, 0.6) is 0 Å². The van der Waals surface area contributed by atoms with Gasteiger partial charge in [0, 0.05) is 13.0 Å². The summed E-state index contributed by atoms with van der Waals surface area (Å²) in [6.45, 7) is 2.49. The van der Waals surface area contributed by atoms with Gasteiger partial charge in [0.15, 0.2) is 11.5 Å². The number of rotatable bonds is 8. The summed E-state index contributed by atoms with van der Waals surface area (Å²) in [6, 6.07) is 21.4. The van der Waals surface area contributed by atoms with Gasteiger partial charge < -0.3 is 9.52 Å². The molecule has 0 bridgehead atoms. The van der Waals surface area contributed by atoms with E-state index in [1.54, 1.807) is 0 Å². The molecule has 0 amide bonds. The first-order valence-corrected chi connectivity index (χ1v) is 12.0. The lowest BCUT2D eigenvalue weighted by Gasteiger charge is -2.29. The standard InChI is InChI=1S/C28H30N2O3/c31-28(32)23-13-15-30(16-14-23)19-21-10-12-26-25(18-21)29-27(33-26)8-4-1-5-20-9-11-22-6-2-3-7-24(22)17-20/h2-3,6-7,9-12,17-18,23H,1,4-5,8,13-16,19H2,(H,31,32). The summed E-state index contributed by atoms with van der Waals surface area (Å²) >= 11 is 0. The number of oxazole rings is 1. The zero-order valence-corrected chi connectivity index (χ0v) is 18.9. The van der Waals surface area contributed by atoms with Crippen molar-refractivity contribution in [1.82, 2.24) is 9.88 Å². The van der Waals surface area contributed by atoms with Crippen LogP contribution in [-0.2, 0) is 24.2 Å². The molecule has 5 rings (SSSR count). The minimum absolute atomic E-state index is 0.192. The number of aliphatic carboxylic acids is 1. The summed E-state index contributed by atoms with van der Waals surface area (Å²) in [4.78, 5) is 18.2. The number of hydrogen-bond donors (Lipinski definition) is 1. The third-order valence-electron chi connectivity index (χ3n) is 6.76. The van der Waals surface area contributed by atoms with Gasteiger partial charge >= 0.3 is 5.97 Å². The van der Waals surface area contributed by atoms with E-state index in [0.717, 1.165) is 75.1 Å². The van der Waals surface area contributed by atoms with E-state index in [0.29, 0.717) is 0 Å². The van der Waals surface area contributed by atoms with Gasteiger partial charge in [-0.1, -0.05) is 48.5 Å². The van der Waals surface area contributed by atoms with Crippen molar-refractivity contribution >= 4 is 27.8 Å². The maximum absolute atomic E-state index is 11.1. The molecule has 0 spiro atoms. The number of aromatic nitrogens is 1. The molecule has 1 N–H and O–H groups in total. The minimum Gasteiger partial charge on any atom is -0.481 e. The molecule has 0 aliphatic carbocycles. The quantitative estimate of drug-likeness (QED) is 0.347. The van der Waals surface area contributed by atoms with Gasteiger partial charge in [0.05, 0.1) is 5.92 Å². The highest BCUT2D eigenvalue weighted by molar-refractivity contribution is 5.83. The summed E-state index contributed by atoms with van der Waals surface area (Å²) in [5, 5.41) is 11.8. The average molecular weight is 443 g/mol. The number of nitrogens with zero attached hydrogens (tertiary/aromatic N) is 2. The maximum Gasteiger partial charge on any atom is 0.306 e. The molecule has 0 unspecified atom stereocenters. The largest absolute Gasteiger partial charge is 0.481 e. The molecule has 33 heavy (non-hydrogen) atoms. The molecule has 3 aromatic carbocycles. The van der Waals surface area contributed by atoms with Crippen LogP contribution in [0.1, 0.15) is 42.7 Å². The van der Waals surface area contributed by atoms with E-state index in [-0.39, 0.29) is 5.92 Å². The second-order valence-electron chi connectivity index (χ2n) is 9.19. The molecule has 1 aromatic heterocycles. The van der Waals surface area contributed by atoms with Gasteiger partial charge in [-0.2, -0.15) is 0 Å². The Balaban J connectivity index is 1.13. The van der Waals surface area contributed by atoms with Crippen LogP contribution in [0, 0.1) is 5.92 Å². The lowest BCUT2D eigenvalue weighted by atomic mass is 9.97. The average Bonchev–Trinajstić information content (AvgIpc) is 3.24. The van der Waals surface area contributed by atoms with Crippen LogP contribution in [-0.4, -0.2) is 34.0 Å². The third-order valence-corrected chi connectivity index (χ3v) is 6.76. The first-order chi connectivity index (χ1) is 16.1. The van der Waals surface area contributed by atoms with Gasteiger partial charge in [0.1, 0.15) is 5.52 Å². The molecular weight excluding hydrogens is 412 g/mol. The molecule has 170 valence electrons. The van der Waals surface area contributed by atoms with Crippen LogP contribution in [0.3, 0.4) is 0 Å².